The summed E-state index contributed by atoms with van der Waals surface area (Å²) in [5.41, 5.74) is -0.482. The Hall–Kier alpha value is -0.450. The molecular formula is C12H20N2OS. The maximum Gasteiger partial charge on any atom is 0.109 e. The van der Waals surface area contributed by atoms with Gasteiger partial charge in [0.2, 0.25) is 0 Å². The van der Waals surface area contributed by atoms with E-state index in [1.807, 2.05) is 11.6 Å². The zero-order valence-electron chi connectivity index (χ0n) is 9.78. The Morgan fingerprint density at radius 1 is 1.50 bits per heavy atom. The second-order valence-electron chi connectivity index (χ2n) is 4.76. The second-order valence-corrected chi connectivity index (χ2v) is 5.68. The van der Waals surface area contributed by atoms with Gasteiger partial charge in [-0.2, -0.15) is 0 Å². The van der Waals surface area contributed by atoms with Gasteiger partial charge in [-0.25, -0.2) is 4.98 Å². The number of thiazole rings is 1. The zero-order valence-corrected chi connectivity index (χ0v) is 10.6. The van der Waals surface area contributed by atoms with E-state index in [0.29, 0.717) is 6.54 Å². The van der Waals surface area contributed by atoms with Gasteiger partial charge in [-0.3, -0.25) is 0 Å². The summed E-state index contributed by atoms with van der Waals surface area (Å²) in [6.45, 7) is 2.79. The molecular weight excluding hydrogens is 220 g/mol. The third-order valence-corrected chi connectivity index (χ3v) is 4.30. The molecule has 1 unspecified atom stereocenters. The number of hydrogen-bond acceptors (Lipinski definition) is 4. The van der Waals surface area contributed by atoms with Crippen LogP contribution in [0.15, 0.2) is 11.6 Å². The van der Waals surface area contributed by atoms with E-state index < -0.39 is 5.60 Å². The molecule has 1 heterocycles. The van der Waals surface area contributed by atoms with Crippen molar-refractivity contribution in [3.8, 4) is 0 Å². The molecule has 1 aromatic rings. The highest BCUT2D eigenvalue weighted by Crippen LogP contribution is 2.28. The molecule has 0 bridgehead atoms. The number of rotatable bonds is 4. The van der Waals surface area contributed by atoms with Gasteiger partial charge in [0.15, 0.2) is 0 Å². The van der Waals surface area contributed by atoms with Gasteiger partial charge in [0, 0.05) is 18.1 Å². The fourth-order valence-corrected chi connectivity index (χ4v) is 2.94. The van der Waals surface area contributed by atoms with Crippen molar-refractivity contribution in [2.75, 3.05) is 6.54 Å². The predicted molar refractivity (Wildman–Crippen MR) is 66.6 cm³/mol. The average molecular weight is 240 g/mol. The molecule has 3 nitrogen and oxygen atoms in total. The molecule has 0 aliphatic heterocycles. The Balaban J connectivity index is 1.82. The van der Waals surface area contributed by atoms with Gasteiger partial charge in [0.05, 0.1) is 11.6 Å². The van der Waals surface area contributed by atoms with E-state index >= 15 is 0 Å². The van der Waals surface area contributed by atoms with Crippen LogP contribution in [0.25, 0.3) is 0 Å². The van der Waals surface area contributed by atoms with Crippen LogP contribution in [-0.2, 0) is 0 Å². The number of aromatic nitrogens is 1. The first kappa shape index (κ1) is 12.0. The fourth-order valence-electron chi connectivity index (χ4n) is 2.27. The van der Waals surface area contributed by atoms with Crippen LogP contribution in [0.5, 0.6) is 0 Å². The van der Waals surface area contributed by atoms with Crippen molar-refractivity contribution < 1.29 is 5.11 Å². The maximum atomic E-state index is 10.3. The van der Waals surface area contributed by atoms with E-state index in [1.165, 1.54) is 6.42 Å². The molecule has 2 N–H and O–H groups in total. The van der Waals surface area contributed by atoms with Crippen LogP contribution in [-0.4, -0.2) is 22.2 Å². The molecule has 1 aliphatic carbocycles. The molecule has 0 spiro atoms. The molecule has 1 aromatic heterocycles. The summed E-state index contributed by atoms with van der Waals surface area (Å²) in [6.07, 6.45) is 7.28. The molecule has 16 heavy (non-hydrogen) atoms. The molecule has 0 radical (unpaired) electrons. The van der Waals surface area contributed by atoms with Crippen LogP contribution in [0.1, 0.15) is 50.1 Å². The Morgan fingerprint density at radius 2 is 2.25 bits per heavy atom. The van der Waals surface area contributed by atoms with Crippen LogP contribution < -0.4 is 5.32 Å². The summed E-state index contributed by atoms with van der Waals surface area (Å²) < 4.78 is 0. The van der Waals surface area contributed by atoms with Crippen molar-refractivity contribution in [2.45, 2.75) is 50.7 Å². The summed E-state index contributed by atoms with van der Waals surface area (Å²) in [4.78, 5) is 4.28. The summed E-state index contributed by atoms with van der Waals surface area (Å²) >= 11 is 1.66. The highest BCUT2D eigenvalue weighted by molar-refractivity contribution is 7.09. The van der Waals surface area contributed by atoms with Gasteiger partial charge in [0.1, 0.15) is 5.01 Å². The number of hydrogen-bond donors (Lipinski definition) is 2. The minimum atomic E-state index is -0.482. The van der Waals surface area contributed by atoms with Gasteiger partial charge in [0.25, 0.3) is 0 Å². The molecule has 90 valence electrons. The van der Waals surface area contributed by atoms with E-state index in [9.17, 15) is 5.11 Å². The minimum Gasteiger partial charge on any atom is -0.389 e. The third kappa shape index (κ3) is 3.03. The van der Waals surface area contributed by atoms with Crippen molar-refractivity contribution in [1.82, 2.24) is 10.3 Å². The highest BCUT2D eigenvalue weighted by Gasteiger charge is 2.29. The fraction of sp³-hybridized carbons (Fsp3) is 0.750. The van der Waals surface area contributed by atoms with Crippen LogP contribution in [0.2, 0.25) is 0 Å². The summed E-state index contributed by atoms with van der Waals surface area (Å²) in [7, 11) is 0. The quantitative estimate of drug-likeness (QED) is 0.850. The lowest BCUT2D eigenvalue weighted by atomic mass is 9.85. The molecule has 1 atom stereocenters. The number of nitrogens with zero attached hydrogens (tertiary/aromatic N) is 1. The van der Waals surface area contributed by atoms with Crippen molar-refractivity contribution in [1.29, 1.82) is 0 Å². The maximum absolute atomic E-state index is 10.3. The van der Waals surface area contributed by atoms with Gasteiger partial charge < -0.3 is 10.4 Å². The second kappa shape index (κ2) is 5.25. The largest absolute Gasteiger partial charge is 0.389 e. The number of aliphatic hydroxyl groups is 1. The standard InChI is InChI=1S/C12H20N2OS/c1-10(11-13-7-8-16-11)14-9-12(15)5-3-2-4-6-12/h7-8,10,14-15H,2-6,9H2,1H3. The van der Waals surface area contributed by atoms with E-state index in [-0.39, 0.29) is 6.04 Å². The first-order valence-electron chi connectivity index (χ1n) is 6.05. The molecule has 1 aliphatic rings. The van der Waals surface area contributed by atoms with Gasteiger partial charge in [-0.1, -0.05) is 19.3 Å². The van der Waals surface area contributed by atoms with Crippen LogP contribution in [0, 0.1) is 0 Å². The molecule has 1 saturated carbocycles. The Bertz CT molecular complexity index is 307. The highest BCUT2D eigenvalue weighted by atomic mass is 32.1. The lowest BCUT2D eigenvalue weighted by Gasteiger charge is -2.33. The van der Waals surface area contributed by atoms with E-state index in [1.54, 1.807) is 11.3 Å². The normalized spacial score (nSPS) is 21.9. The smallest absolute Gasteiger partial charge is 0.109 e. The Labute approximate surface area is 101 Å². The third-order valence-electron chi connectivity index (χ3n) is 3.34. The van der Waals surface area contributed by atoms with Crippen molar-refractivity contribution in [3.63, 3.8) is 0 Å². The van der Waals surface area contributed by atoms with Gasteiger partial charge >= 0.3 is 0 Å². The van der Waals surface area contributed by atoms with Gasteiger partial charge in [-0.05, 0) is 19.8 Å². The predicted octanol–water partition coefficient (Wildman–Crippen LogP) is 2.49. The van der Waals surface area contributed by atoms with Crippen molar-refractivity contribution in [2.24, 2.45) is 0 Å². The lowest BCUT2D eigenvalue weighted by molar-refractivity contribution is 0.00300. The van der Waals surface area contributed by atoms with Crippen molar-refractivity contribution >= 4 is 11.3 Å². The Kier molecular flexibility index (Phi) is 3.95. The monoisotopic (exact) mass is 240 g/mol. The molecule has 0 saturated heterocycles. The zero-order chi connectivity index (χ0) is 11.4. The first-order chi connectivity index (χ1) is 7.70. The van der Waals surface area contributed by atoms with E-state index in [0.717, 1.165) is 30.7 Å². The van der Waals surface area contributed by atoms with Crippen molar-refractivity contribution in [3.05, 3.63) is 16.6 Å². The van der Waals surface area contributed by atoms with E-state index in [4.69, 9.17) is 0 Å². The molecule has 2 rings (SSSR count). The molecule has 1 fully saturated rings. The lowest BCUT2D eigenvalue weighted by Crippen LogP contribution is -2.42. The molecule has 0 aromatic carbocycles. The minimum absolute atomic E-state index is 0.242. The van der Waals surface area contributed by atoms with Gasteiger partial charge in [-0.15, -0.1) is 11.3 Å². The van der Waals surface area contributed by atoms with Crippen LogP contribution in [0.4, 0.5) is 0 Å². The number of nitrogens with one attached hydrogen (secondary N) is 1. The Morgan fingerprint density at radius 3 is 2.88 bits per heavy atom. The summed E-state index contributed by atoms with van der Waals surface area (Å²) in [6, 6.07) is 0.242. The first-order valence-corrected chi connectivity index (χ1v) is 6.93. The SMILES string of the molecule is CC(NCC1(O)CCCCC1)c1nccs1. The molecule has 0 amide bonds. The van der Waals surface area contributed by atoms with Crippen LogP contribution >= 0.6 is 11.3 Å². The average Bonchev–Trinajstić information content (AvgIpc) is 2.80. The summed E-state index contributed by atoms with van der Waals surface area (Å²) in [5.74, 6) is 0. The molecule has 4 heteroatoms. The van der Waals surface area contributed by atoms with Crippen LogP contribution in [0.3, 0.4) is 0 Å². The summed E-state index contributed by atoms with van der Waals surface area (Å²) in [5, 5.41) is 16.8. The van der Waals surface area contributed by atoms with E-state index in [2.05, 4.69) is 17.2 Å². The topological polar surface area (TPSA) is 45.1 Å².